The van der Waals surface area contributed by atoms with Crippen LogP contribution in [0.25, 0.3) is 0 Å². The molecule has 2 heterocycles. The summed E-state index contributed by atoms with van der Waals surface area (Å²) >= 11 is 0. The summed E-state index contributed by atoms with van der Waals surface area (Å²) in [5, 5.41) is 12.9. The zero-order valence-corrected chi connectivity index (χ0v) is 15.3. The van der Waals surface area contributed by atoms with Gasteiger partial charge in [0.15, 0.2) is 0 Å². The van der Waals surface area contributed by atoms with Crippen molar-refractivity contribution in [3.05, 3.63) is 83.2 Å². The van der Waals surface area contributed by atoms with E-state index in [1.54, 1.807) is 4.68 Å². The molecule has 142 valence electrons. The van der Waals surface area contributed by atoms with Crippen molar-refractivity contribution in [2.75, 3.05) is 5.32 Å². The first kappa shape index (κ1) is 17.9. The number of carbonyl (C=O) groups excluding carboxylic acids is 2. The Morgan fingerprint density at radius 3 is 2.68 bits per heavy atom. The van der Waals surface area contributed by atoms with Crippen LogP contribution in [-0.4, -0.2) is 21.6 Å². The van der Waals surface area contributed by atoms with Crippen molar-refractivity contribution in [3.63, 3.8) is 0 Å². The third-order valence-electron chi connectivity index (χ3n) is 4.61. The lowest BCUT2D eigenvalue weighted by Crippen LogP contribution is -2.35. The summed E-state index contributed by atoms with van der Waals surface area (Å²) < 4.78 is 1.80. The van der Waals surface area contributed by atoms with Crippen LogP contribution in [0.1, 0.15) is 22.4 Å². The van der Waals surface area contributed by atoms with Gasteiger partial charge in [-0.2, -0.15) is 5.10 Å². The summed E-state index contributed by atoms with van der Waals surface area (Å²) in [7, 11) is 0. The van der Waals surface area contributed by atoms with Gasteiger partial charge < -0.3 is 16.0 Å². The zero-order valence-electron chi connectivity index (χ0n) is 15.3. The molecule has 0 fully saturated rings. The molecule has 0 spiro atoms. The monoisotopic (exact) mass is 375 g/mol. The molecule has 0 unspecified atom stereocenters. The van der Waals surface area contributed by atoms with Gasteiger partial charge in [0.25, 0.3) is 0 Å². The summed E-state index contributed by atoms with van der Waals surface area (Å²) in [5.74, 6) is -1.37. The number of nitrogens with zero attached hydrogens (tertiary/aromatic N) is 2. The highest BCUT2D eigenvalue weighted by Gasteiger charge is 2.16. The van der Waals surface area contributed by atoms with Crippen molar-refractivity contribution in [1.29, 1.82) is 0 Å². The van der Waals surface area contributed by atoms with Gasteiger partial charge in [0.2, 0.25) is 0 Å². The fourth-order valence-electron chi connectivity index (χ4n) is 3.17. The first-order valence-electron chi connectivity index (χ1n) is 9.15. The molecule has 1 aliphatic rings. The van der Waals surface area contributed by atoms with Gasteiger partial charge in [0.05, 0.1) is 18.8 Å². The molecular formula is C21H21N5O2. The van der Waals surface area contributed by atoms with Crippen molar-refractivity contribution in [1.82, 2.24) is 20.4 Å². The lowest BCUT2D eigenvalue weighted by Gasteiger charge is -2.07. The van der Waals surface area contributed by atoms with E-state index in [9.17, 15) is 9.59 Å². The molecule has 0 saturated heterocycles. The van der Waals surface area contributed by atoms with E-state index in [0.717, 1.165) is 24.2 Å². The van der Waals surface area contributed by atoms with E-state index in [2.05, 4.69) is 21.0 Å². The molecule has 0 saturated carbocycles. The molecule has 3 N–H and O–H groups in total. The Bertz CT molecular complexity index is 997. The van der Waals surface area contributed by atoms with Crippen LogP contribution in [0.3, 0.4) is 0 Å². The number of fused-ring (bicyclic) bond motifs is 1. The van der Waals surface area contributed by atoms with Crippen LogP contribution >= 0.6 is 0 Å². The predicted octanol–water partition coefficient (Wildman–Crippen LogP) is 1.79. The number of carbonyl (C=O) groups is 2. The lowest BCUT2D eigenvalue weighted by atomic mass is 10.1. The number of hydrogen-bond donors (Lipinski definition) is 3. The van der Waals surface area contributed by atoms with Crippen LogP contribution in [0.2, 0.25) is 0 Å². The number of amides is 2. The number of hydrogen-bond acceptors (Lipinski definition) is 4. The van der Waals surface area contributed by atoms with Crippen LogP contribution in [0, 0.1) is 0 Å². The van der Waals surface area contributed by atoms with Crippen molar-refractivity contribution in [2.45, 2.75) is 26.2 Å². The quantitative estimate of drug-likeness (QED) is 0.593. The predicted molar refractivity (Wildman–Crippen MR) is 105 cm³/mol. The molecule has 0 atom stereocenters. The first-order chi connectivity index (χ1) is 13.7. The molecule has 0 bridgehead atoms. The van der Waals surface area contributed by atoms with E-state index in [0.29, 0.717) is 17.9 Å². The smallest absolute Gasteiger partial charge is 0.313 e. The Kier molecular flexibility index (Phi) is 5.16. The molecule has 0 aliphatic carbocycles. The van der Waals surface area contributed by atoms with Gasteiger partial charge in [-0.15, -0.1) is 0 Å². The van der Waals surface area contributed by atoms with Crippen molar-refractivity contribution < 1.29 is 9.59 Å². The van der Waals surface area contributed by atoms with Crippen LogP contribution in [-0.2, 0) is 35.8 Å². The molecule has 2 amide bonds. The van der Waals surface area contributed by atoms with Crippen LogP contribution in [0.4, 0.5) is 5.69 Å². The van der Waals surface area contributed by atoms with E-state index in [1.807, 2.05) is 60.8 Å². The number of rotatable bonds is 5. The molecular weight excluding hydrogens is 354 g/mol. The minimum Gasteiger partial charge on any atom is -0.342 e. The molecule has 4 rings (SSSR count). The highest BCUT2D eigenvalue weighted by molar-refractivity contribution is 6.39. The summed E-state index contributed by atoms with van der Waals surface area (Å²) in [6.07, 6.45) is 1.85. The SMILES string of the molecule is O=C(NCc1ccn(Cc2ccccc2)n1)C(=O)Nc1ccc2c(c1)CNC2. The molecule has 28 heavy (non-hydrogen) atoms. The second-order valence-corrected chi connectivity index (χ2v) is 6.71. The molecule has 7 nitrogen and oxygen atoms in total. The van der Waals surface area contributed by atoms with Crippen molar-refractivity contribution in [3.8, 4) is 0 Å². The Labute approximate surface area is 162 Å². The topological polar surface area (TPSA) is 88.0 Å². The summed E-state index contributed by atoms with van der Waals surface area (Å²) in [4.78, 5) is 24.2. The molecule has 7 heteroatoms. The Hall–Kier alpha value is -3.45. The number of nitrogens with one attached hydrogen (secondary N) is 3. The second kappa shape index (κ2) is 8.06. The number of benzene rings is 2. The van der Waals surface area contributed by atoms with Crippen LogP contribution in [0.5, 0.6) is 0 Å². The fraction of sp³-hybridized carbons (Fsp3) is 0.190. The lowest BCUT2D eigenvalue weighted by molar-refractivity contribution is -0.136. The molecule has 1 aliphatic heterocycles. The maximum Gasteiger partial charge on any atom is 0.313 e. The van der Waals surface area contributed by atoms with Gasteiger partial charge in [-0.3, -0.25) is 14.3 Å². The largest absolute Gasteiger partial charge is 0.342 e. The number of anilines is 1. The first-order valence-corrected chi connectivity index (χ1v) is 9.15. The standard InChI is InChI=1S/C21H21N5O2/c27-20(21(28)24-18-7-6-16-11-22-12-17(16)10-18)23-13-19-8-9-26(25-19)14-15-4-2-1-3-5-15/h1-10,22H,11-14H2,(H,23,27)(H,24,28). The summed E-state index contributed by atoms with van der Waals surface area (Å²) in [6.45, 7) is 2.46. The molecule has 2 aromatic carbocycles. The van der Waals surface area contributed by atoms with Gasteiger partial charge in [0, 0.05) is 25.0 Å². The van der Waals surface area contributed by atoms with Gasteiger partial charge in [-0.05, 0) is 34.9 Å². The normalized spacial score (nSPS) is 12.4. The van der Waals surface area contributed by atoms with E-state index >= 15 is 0 Å². The van der Waals surface area contributed by atoms with E-state index in [4.69, 9.17) is 0 Å². The Morgan fingerprint density at radius 1 is 1.00 bits per heavy atom. The minimum atomic E-state index is -0.686. The summed E-state index contributed by atoms with van der Waals surface area (Å²) in [5.41, 5.74) is 4.82. The van der Waals surface area contributed by atoms with E-state index in [-0.39, 0.29) is 6.54 Å². The minimum absolute atomic E-state index is 0.197. The maximum absolute atomic E-state index is 12.1. The highest BCUT2D eigenvalue weighted by atomic mass is 16.2. The third kappa shape index (κ3) is 4.27. The number of aromatic nitrogens is 2. The molecule has 0 radical (unpaired) electrons. The highest BCUT2D eigenvalue weighted by Crippen LogP contribution is 2.19. The average molecular weight is 375 g/mol. The van der Waals surface area contributed by atoms with Gasteiger partial charge >= 0.3 is 11.8 Å². The van der Waals surface area contributed by atoms with Crippen LogP contribution < -0.4 is 16.0 Å². The zero-order chi connectivity index (χ0) is 19.3. The van der Waals surface area contributed by atoms with E-state index < -0.39 is 11.8 Å². The van der Waals surface area contributed by atoms with Crippen molar-refractivity contribution >= 4 is 17.5 Å². The second-order valence-electron chi connectivity index (χ2n) is 6.71. The van der Waals surface area contributed by atoms with Crippen molar-refractivity contribution in [2.24, 2.45) is 0 Å². The summed E-state index contributed by atoms with van der Waals surface area (Å²) in [6, 6.07) is 17.5. The van der Waals surface area contributed by atoms with Gasteiger partial charge in [-0.1, -0.05) is 36.4 Å². The van der Waals surface area contributed by atoms with E-state index in [1.165, 1.54) is 5.56 Å². The molecule has 3 aromatic rings. The van der Waals surface area contributed by atoms with Gasteiger partial charge in [-0.25, -0.2) is 0 Å². The maximum atomic E-state index is 12.1. The van der Waals surface area contributed by atoms with Crippen LogP contribution in [0.15, 0.2) is 60.8 Å². The van der Waals surface area contributed by atoms with Gasteiger partial charge in [0.1, 0.15) is 0 Å². The Balaban J connectivity index is 1.29. The third-order valence-corrected chi connectivity index (χ3v) is 4.61. The molecule has 1 aromatic heterocycles. The fourth-order valence-corrected chi connectivity index (χ4v) is 3.17. The Morgan fingerprint density at radius 2 is 1.82 bits per heavy atom. The average Bonchev–Trinajstić information content (AvgIpc) is 3.35.